The van der Waals surface area contributed by atoms with Gasteiger partial charge in [-0.05, 0) is 31.1 Å². The van der Waals surface area contributed by atoms with Gasteiger partial charge in [0.05, 0.1) is 0 Å². The topological polar surface area (TPSA) is 70.7 Å². The van der Waals surface area contributed by atoms with Gasteiger partial charge >= 0.3 is 5.63 Å². The number of fused-ring (bicyclic) bond motifs is 1. The lowest BCUT2D eigenvalue weighted by molar-refractivity contribution is 0.444. The molecule has 1 aromatic carbocycles. The summed E-state index contributed by atoms with van der Waals surface area (Å²) >= 11 is 0. The van der Waals surface area contributed by atoms with Crippen LogP contribution in [0.15, 0.2) is 27.4 Å². The molecular formula is C16H18O4. The molecule has 1 aromatic heterocycles. The van der Waals surface area contributed by atoms with E-state index in [9.17, 15) is 15.0 Å². The first-order valence-electron chi connectivity index (χ1n) is 6.61. The van der Waals surface area contributed by atoms with Gasteiger partial charge in [0.1, 0.15) is 22.6 Å². The van der Waals surface area contributed by atoms with E-state index in [-0.39, 0.29) is 22.4 Å². The van der Waals surface area contributed by atoms with Gasteiger partial charge in [-0.1, -0.05) is 26.3 Å². The van der Waals surface area contributed by atoms with E-state index in [1.54, 1.807) is 19.1 Å². The fourth-order valence-electron chi connectivity index (χ4n) is 1.92. The molecule has 0 aliphatic carbocycles. The molecule has 0 unspecified atom stereocenters. The van der Waals surface area contributed by atoms with E-state index >= 15 is 0 Å². The second-order valence-electron chi connectivity index (χ2n) is 5.01. The number of benzene rings is 1. The van der Waals surface area contributed by atoms with Crippen LogP contribution in [0, 0.1) is 12.8 Å². The lowest BCUT2D eigenvalue weighted by Gasteiger charge is -2.06. The van der Waals surface area contributed by atoms with Crippen LogP contribution in [-0.4, -0.2) is 10.2 Å². The van der Waals surface area contributed by atoms with E-state index in [1.807, 2.05) is 6.08 Å². The van der Waals surface area contributed by atoms with Gasteiger partial charge in [-0.15, -0.1) is 0 Å². The molecule has 0 radical (unpaired) electrons. The van der Waals surface area contributed by atoms with Gasteiger partial charge in [-0.2, -0.15) is 0 Å². The smallest absolute Gasteiger partial charge is 0.347 e. The summed E-state index contributed by atoms with van der Waals surface area (Å²) in [6.07, 6.45) is 4.69. The third-order valence-electron chi connectivity index (χ3n) is 3.50. The third kappa shape index (κ3) is 2.54. The Morgan fingerprint density at radius 2 is 2.05 bits per heavy atom. The molecule has 0 bridgehead atoms. The highest BCUT2D eigenvalue weighted by atomic mass is 16.4. The van der Waals surface area contributed by atoms with Crippen molar-refractivity contribution < 1.29 is 14.6 Å². The van der Waals surface area contributed by atoms with E-state index in [1.165, 1.54) is 6.07 Å². The molecule has 4 heteroatoms. The van der Waals surface area contributed by atoms with Crippen LogP contribution in [0.1, 0.15) is 31.6 Å². The first-order valence-corrected chi connectivity index (χ1v) is 6.61. The Morgan fingerprint density at radius 1 is 1.35 bits per heavy atom. The van der Waals surface area contributed by atoms with Crippen molar-refractivity contribution in [1.29, 1.82) is 0 Å². The highest BCUT2D eigenvalue weighted by Crippen LogP contribution is 2.33. The van der Waals surface area contributed by atoms with Crippen molar-refractivity contribution in [3.05, 3.63) is 40.0 Å². The number of rotatable bonds is 3. The van der Waals surface area contributed by atoms with Gasteiger partial charge in [0.15, 0.2) is 0 Å². The molecule has 1 heterocycles. The average Bonchev–Trinajstić information content (AvgIpc) is 2.41. The largest absolute Gasteiger partial charge is 0.508 e. The maximum Gasteiger partial charge on any atom is 0.347 e. The number of hydrogen-bond acceptors (Lipinski definition) is 4. The standard InChI is InChI=1S/C16H18O4/c1-4-9(2)5-6-12-7-11-8-13(17)10(3)15(18)14(11)16(19)20-12/h5-9,17-18H,4H2,1-3H3/t9-/m0/s1. The molecule has 0 aliphatic rings. The van der Waals surface area contributed by atoms with Crippen molar-refractivity contribution in [2.75, 3.05) is 0 Å². The number of allylic oxidation sites excluding steroid dienone is 1. The molecule has 2 rings (SSSR count). The summed E-state index contributed by atoms with van der Waals surface area (Å²) < 4.78 is 5.18. The molecule has 2 aromatic rings. The minimum absolute atomic E-state index is 0.0440. The molecule has 4 nitrogen and oxygen atoms in total. The minimum atomic E-state index is -0.605. The van der Waals surface area contributed by atoms with Gasteiger partial charge in [0.2, 0.25) is 0 Å². The van der Waals surface area contributed by atoms with Crippen molar-refractivity contribution in [3.8, 4) is 11.5 Å². The molecule has 0 spiro atoms. The van der Waals surface area contributed by atoms with E-state index < -0.39 is 5.63 Å². The van der Waals surface area contributed by atoms with Crippen LogP contribution >= 0.6 is 0 Å². The lowest BCUT2D eigenvalue weighted by atomic mass is 10.1. The van der Waals surface area contributed by atoms with Crippen LogP contribution in [0.3, 0.4) is 0 Å². The number of phenols is 2. The summed E-state index contributed by atoms with van der Waals surface area (Å²) in [6.45, 7) is 5.68. The lowest BCUT2D eigenvalue weighted by Crippen LogP contribution is -2.01. The Labute approximate surface area is 117 Å². The van der Waals surface area contributed by atoms with Crippen LogP contribution in [0.25, 0.3) is 16.8 Å². The number of phenolic OH excluding ortho intramolecular Hbond substituents is 2. The predicted molar refractivity (Wildman–Crippen MR) is 79.0 cm³/mol. The third-order valence-corrected chi connectivity index (χ3v) is 3.50. The van der Waals surface area contributed by atoms with Crippen LogP contribution < -0.4 is 5.63 Å². The van der Waals surface area contributed by atoms with E-state index in [0.29, 0.717) is 17.1 Å². The second kappa shape index (κ2) is 5.41. The Bertz CT molecular complexity index is 725. The molecule has 2 N–H and O–H groups in total. The van der Waals surface area contributed by atoms with Crippen LogP contribution in [-0.2, 0) is 0 Å². The van der Waals surface area contributed by atoms with Crippen molar-refractivity contribution in [1.82, 2.24) is 0 Å². The van der Waals surface area contributed by atoms with Gasteiger partial charge in [-0.3, -0.25) is 0 Å². The molecule has 0 saturated heterocycles. The fourth-order valence-corrected chi connectivity index (χ4v) is 1.92. The Hall–Kier alpha value is -2.23. The molecular weight excluding hydrogens is 256 g/mol. The molecule has 0 saturated carbocycles. The second-order valence-corrected chi connectivity index (χ2v) is 5.01. The first kappa shape index (κ1) is 14.2. The number of aromatic hydroxyl groups is 2. The Morgan fingerprint density at radius 3 is 2.70 bits per heavy atom. The van der Waals surface area contributed by atoms with Crippen molar-refractivity contribution >= 4 is 16.8 Å². The molecule has 0 fully saturated rings. The van der Waals surface area contributed by atoms with Crippen molar-refractivity contribution in [2.24, 2.45) is 5.92 Å². The summed E-state index contributed by atoms with van der Waals surface area (Å²) in [7, 11) is 0. The SMILES string of the molecule is CC[C@H](C)C=Cc1cc2cc(O)c(C)c(O)c2c(=O)o1. The zero-order valence-electron chi connectivity index (χ0n) is 11.8. The minimum Gasteiger partial charge on any atom is -0.508 e. The van der Waals surface area contributed by atoms with Crippen LogP contribution in [0.5, 0.6) is 11.5 Å². The Balaban J connectivity index is 2.61. The summed E-state index contributed by atoms with van der Waals surface area (Å²) in [5, 5.41) is 20.2. The molecule has 106 valence electrons. The fraction of sp³-hybridized carbons (Fsp3) is 0.312. The maximum atomic E-state index is 12.0. The monoisotopic (exact) mass is 274 g/mol. The zero-order valence-corrected chi connectivity index (χ0v) is 11.8. The molecule has 1 atom stereocenters. The van der Waals surface area contributed by atoms with E-state index in [2.05, 4.69) is 13.8 Å². The molecule has 20 heavy (non-hydrogen) atoms. The highest BCUT2D eigenvalue weighted by molar-refractivity contribution is 5.90. The summed E-state index contributed by atoms with van der Waals surface area (Å²) in [4.78, 5) is 12.0. The first-order chi connectivity index (χ1) is 9.43. The van der Waals surface area contributed by atoms with Crippen LogP contribution in [0.2, 0.25) is 0 Å². The van der Waals surface area contributed by atoms with Gasteiger partial charge in [0, 0.05) is 10.9 Å². The summed E-state index contributed by atoms with van der Waals surface area (Å²) in [5.74, 6) is 0.518. The quantitative estimate of drug-likeness (QED) is 0.897. The van der Waals surface area contributed by atoms with Gasteiger partial charge in [0.25, 0.3) is 0 Å². The van der Waals surface area contributed by atoms with Crippen molar-refractivity contribution in [2.45, 2.75) is 27.2 Å². The molecule has 0 aliphatic heterocycles. The van der Waals surface area contributed by atoms with Gasteiger partial charge < -0.3 is 14.6 Å². The predicted octanol–water partition coefficient (Wildman–Crippen LogP) is 3.57. The van der Waals surface area contributed by atoms with Crippen molar-refractivity contribution in [3.63, 3.8) is 0 Å². The van der Waals surface area contributed by atoms with Crippen LogP contribution in [0.4, 0.5) is 0 Å². The average molecular weight is 274 g/mol. The summed E-state index contributed by atoms with van der Waals surface area (Å²) in [6, 6.07) is 3.09. The number of hydrogen-bond donors (Lipinski definition) is 2. The van der Waals surface area contributed by atoms with E-state index in [0.717, 1.165) is 6.42 Å². The summed E-state index contributed by atoms with van der Waals surface area (Å²) in [5.41, 5.74) is -0.334. The normalized spacial score (nSPS) is 13.2. The highest BCUT2D eigenvalue weighted by Gasteiger charge is 2.13. The van der Waals surface area contributed by atoms with E-state index in [4.69, 9.17) is 4.42 Å². The Kier molecular flexibility index (Phi) is 3.84. The molecule has 0 amide bonds. The maximum absolute atomic E-state index is 12.0. The zero-order chi connectivity index (χ0) is 14.9. The van der Waals surface area contributed by atoms with Gasteiger partial charge in [-0.25, -0.2) is 4.79 Å².